The van der Waals surface area contributed by atoms with Gasteiger partial charge < -0.3 is 20.5 Å². The van der Waals surface area contributed by atoms with Crippen LogP contribution in [0.25, 0.3) is 21.1 Å². The molecule has 4 fully saturated rings. The Bertz CT molecular complexity index is 1960. The van der Waals surface area contributed by atoms with Crippen molar-refractivity contribution in [1.29, 1.82) is 5.26 Å². The van der Waals surface area contributed by atoms with Crippen LogP contribution < -0.4 is 16.0 Å². The highest BCUT2D eigenvalue weighted by Crippen LogP contribution is 2.72. The van der Waals surface area contributed by atoms with Gasteiger partial charge in [-0.2, -0.15) is 23.4 Å². The van der Waals surface area contributed by atoms with E-state index in [9.17, 15) is 23.2 Å². The molecule has 4 aliphatic rings. The van der Waals surface area contributed by atoms with E-state index in [2.05, 4.69) is 67.4 Å². The normalized spacial score (nSPS) is 24.1. The number of carbonyl (C=O) groups excluding carboxylic acids is 1. The van der Waals surface area contributed by atoms with Gasteiger partial charge in [-0.05, 0) is 73.3 Å². The summed E-state index contributed by atoms with van der Waals surface area (Å²) < 4.78 is 41.4. The number of hydrogen-bond donors (Lipinski definition) is 3. The maximum atomic E-state index is 13.1. The highest BCUT2D eigenvalue weighted by atomic mass is 32.1. The first-order valence-corrected chi connectivity index (χ1v) is 17.9. The third kappa shape index (κ3) is 6.01. The van der Waals surface area contributed by atoms with Gasteiger partial charge in [0.15, 0.2) is 0 Å². The second-order valence-electron chi connectivity index (χ2n) is 14.8. The number of fused-ring (bicyclic) bond motifs is 2. The summed E-state index contributed by atoms with van der Waals surface area (Å²) in [5.74, 6) is 1.40. The molecule has 0 unspecified atom stereocenters. The fraction of sp³-hybridized carbons (Fsp3) is 0.556. The number of alkyl halides is 3. The molecule has 1 saturated heterocycles. The van der Waals surface area contributed by atoms with Crippen molar-refractivity contribution in [3.63, 3.8) is 0 Å². The summed E-state index contributed by atoms with van der Waals surface area (Å²) in [6, 6.07) is 10.5. The van der Waals surface area contributed by atoms with Crippen molar-refractivity contribution in [2.24, 2.45) is 17.3 Å². The van der Waals surface area contributed by atoms with Crippen LogP contribution in [0.15, 0.2) is 24.3 Å². The van der Waals surface area contributed by atoms with Crippen LogP contribution in [0.4, 0.5) is 24.9 Å². The lowest BCUT2D eigenvalue weighted by molar-refractivity contribution is -0.229. The number of piperidine rings is 1. The van der Waals surface area contributed by atoms with E-state index >= 15 is 0 Å². The predicted molar refractivity (Wildman–Crippen MR) is 187 cm³/mol. The molecule has 9 nitrogen and oxygen atoms in total. The lowest BCUT2D eigenvalue weighted by Gasteiger charge is -2.76. The Balaban J connectivity index is 1.01. The number of nitriles is 1. The topological polar surface area (TPSA) is 111 Å². The SMILES string of the molecule is CNc1nc(NC2CCN(Cc3ccc4c(cc(C#N)n4CC45CC(NC(=O)C(C)C)(C4)[C@H]5C)c3C)CC2)c2cc(CC(F)(F)F)sc2n1. The van der Waals surface area contributed by atoms with Gasteiger partial charge in [-0.15, -0.1) is 11.3 Å². The Morgan fingerprint density at radius 2 is 1.90 bits per heavy atom. The second-order valence-corrected chi connectivity index (χ2v) is 15.9. The largest absolute Gasteiger partial charge is 0.393 e. The number of halogens is 3. The van der Waals surface area contributed by atoms with E-state index in [-0.39, 0.29) is 33.7 Å². The summed E-state index contributed by atoms with van der Waals surface area (Å²) in [5, 5.41) is 21.6. The number of aryl methyl sites for hydroxylation is 1. The third-order valence-corrected chi connectivity index (χ3v) is 12.4. The van der Waals surface area contributed by atoms with Gasteiger partial charge in [0.25, 0.3) is 0 Å². The quantitative estimate of drug-likeness (QED) is 0.164. The van der Waals surface area contributed by atoms with Crippen molar-refractivity contribution in [2.75, 3.05) is 30.8 Å². The van der Waals surface area contributed by atoms with Gasteiger partial charge in [0.05, 0.1) is 11.8 Å². The van der Waals surface area contributed by atoms with Crippen LogP contribution in [0, 0.1) is 35.5 Å². The molecule has 4 aromatic rings. The number of thiophene rings is 1. The fourth-order valence-corrected chi connectivity index (χ4v) is 9.45. The summed E-state index contributed by atoms with van der Waals surface area (Å²) in [7, 11) is 1.70. The van der Waals surface area contributed by atoms with E-state index in [4.69, 9.17) is 0 Å². The molecule has 0 spiro atoms. The van der Waals surface area contributed by atoms with Gasteiger partial charge in [-0.25, -0.2) is 4.98 Å². The standard InChI is InChI=1S/C36H43F3N8OS/c1-20(2)31(48)45-35-17-34(18-35,22(35)4)19-47-25(15-40)12-27-21(3)23(6-7-29(27)47)16-46-10-8-24(9-11-46)42-30-28-13-26(14-36(37,38)39)49-32(28)44-33(41-5)43-30/h6-7,12-13,20,22,24H,8-11,14,16-19H2,1-5H3,(H,45,48)(H2,41,42,43,44)/t22-,34?,35?/m0/s1. The van der Waals surface area contributed by atoms with Crippen LogP contribution >= 0.6 is 11.3 Å². The predicted octanol–water partition coefficient (Wildman–Crippen LogP) is 6.99. The molecule has 3 aliphatic carbocycles. The minimum Gasteiger partial charge on any atom is -0.367 e. The van der Waals surface area contributed by atoms with Crippen LogP contribution in [0.2, 0.25) is 0 Å². The number of anilines is 2. The number of benzene rings is 1. The molecule has 260 valence electrons. The Hall–Kier alpha value is -3.89. The van der Waals surface area contributed by atoms with Crippen molar-refractivity contribution < 1.29 is 18.0 Å². The molecule has 4 heterocycles. The van der Waals surface area contributed by atoms with Crippen LogP contribution in [0.5, 0.6) is 0 Å². The highest BCUT2D eigenvalue weighted by molar-refractivity contribution is 7.18. The summed E-state index contributed by atoms with van der Waals surface area (Å²) in [6.07, 6.45) is -1.60. The Morgan fingerprint density at radius 1 is 1.16 bits per heavy atom. The minimum atomic E-state index is -4.28. The van der Waals surface area contributed by atoms with Gasteiger partial charge >= 0.3 is 6.18 Å². The molecular formula is C36H43F3N8OS. The van der Waals surface area contributed by atoms with E-state index in [1.54, 1.807) is 13.1 Å². The first-order valence-electron chi connectivity index (χ1n) is 17.1. The van der Waals surface area contributed by atoms with Crippen molar-refractivity contribution in [2.45, 2.75) is 90.6 Å². The Kier molecular flexibility index (Phi) is 8.34. The van der Waals surface area contributed by atoms with E-state index in [1.807, 2.05) is 19.9 Å². The van der Waals surface area contributed by atoms with Gasteiger partial charge in [-0.1, -0.05) is 26.8 Å². The van der Waals surface area contributed by atoms with Crippen molar-refractivity contribution in [3.05, 3.63) is 46.0 Å². The monoisotopic (exact) mass is 692 g/mol. The van der Waals surface area contributed by atoms with Gasteiger partial charge in [-0.3, -0.25) is 9.69 Å². The van der Waals surface area contributed by atoms with Crippen LogP contribution in [-0.2, 0) is 24.3 Å². The van der Waals surface area contributed by atoms with E-state index in [1.165, 1.54) is 11.1 Å². The molecule has 3 aromatic heterocycles. The zero-order valence-corrected chi connectivity index (χ0v) is 29.4. The summed E-state index contributed by atoms with van der Waals surface area (Å²) in [6.45, 7) is 11.5. The molecule has 2 bridgehead atoms. The third-order valence-electron chi connectivity index (χ3n) is 11.4. The van der Waals surface area contributed by atoms with E-state index < -0.39 is 12.6 Å². The summed E-state index contributed by atoms with van der Waals surface area (Å²) in [5.41, 5.74) is 4.20. The Morgan fingerprint density at radius 3 is 2.53 bits per heavy atom. The summed E-state index contributed by atoms with van der Waals surface area (Å²) >= 11 is 1.06. The van der Waals surface area contributed by atoms with Crippen molar-refractivity contribution >= 4 is 50.1 Å². The molecule has 3 N–H and O–H groups in total. The number of rotatable bonds is 10. The molecule has 13 heteroatoms. The van der Waals surface area contributed by atoms with Crippen molar-refractivity contribution in [3.8, 4) is 6.07 Å². The fourth-order valence-electron chi connectivity index (χ4n) is 8.39. The highest BCUT2D eigenvalue weighted by Gasteiger charge is 2.74. The lowest BCUT2D eigenvalue weighted by Crippen LogP contribution is -2.82. The zero-order valence-electron chi connectivity index (χ0n) is 28.6. The smallest absolute Gasteiger partial charge is 0.367 e. The van der Waals surface area contributed by atoms with Gasteiger partial charge in [0.1, 0.15) is 22.4 Å². The molecule has 1 aliphatic heterocycles. The van der Waals surface area contributed by atoms with E-state index in [0.717, 1.165) is 74.1 Å². The lowest BCUT2D eigenvalue weighted by atomic mass is 9.33. The molecule has 1 amide bonds. The van der Waals surface area contributed by atoms with Crippen LogP contribution in [0.3, 0.4) is 0 Å². The molecule has 0 radical (unpaired) electrons. The maximum absolute atomic E-state index is 13.1. The van der Waals surface area contributed by atoms with Gasteiger partial charge in [0, 0.05) is 66.5 Å². The number of aromatic nitrogens is 3. The van der Waals surface area contributed by atoms with Crippen LogP contribution in [-0.4, -0.2) is 63.2 Å². The number of nitrogens with zero attached hydrogens (tertiary/aromatic N) is 5. The van der Waals surface area contributed by atoms with E-state index in [0.29, 0.717) is 33.6 Å². The second kappa shape index (κ2) is 12.2. The van der Waals surface area contributed by atoms with Gasteiger partial charge in [0.2, 0.25) is 11.9 Å². The average molecular weight is 693 g/mol. The molecule has 1 aromatic carbocycles. The summed E-state index contributed by atoms with van der Waals surface area (Å²) in [4.78, 5) is 24.6. The first kappa shape index (κ1) is 33.6. The molecule has 1 atom stereocenters. The van der Waals surface area contributed by atoms with Crippen molar-refractivity contribution in [1.82, 2.24) is 24.8 Å². The molecule has 8 rings (SSSR count). The first-order chi connectivity index (χ1) is 23.2. The average Bonchev–Trinajstić information content (AvgIpc) is 3.61. The number of likely N-dealkylation sites (tertiary alicyclic amines) is 1. The molecule has 49 heavy (non-hydrogen) atoms. The van der Waals surface area contributed by atoms with Crippen LogP contribution in [0.1, 0.15) is 68.2 Å². The molecular weight excluding hydrogens is 650 g/mol. The number of hydrogen-bond acceptors (Lipinski definition) is 8. The minimum absolute atomic E-state index is 0.0318. The zero-order chi connectivity index (χ0) is 34.9. The number of amides is 1. The molecule has 3 saturated carbocycles. The number of carbonyl (C=O) groups is 1. The maximum Gasteiger partial charge on any atom is 0.393 e. The number of nitrogens with one attached hydrogen (secondary N) is 3. The Labute approximate surface area is 288 Å².